The maximum absolute atomic E-state index is 11.9. The third-order valence-electron chi connectivity index (χ3n) is 2.52. The normalized spacial score (nSPS) is 13.0. The van der Waals surface area contributed by atoms with Gasteiger partial charge in [0.1, 0.15) is 0 Å². The number of rotatable bonds is 4. The number of sulfonamides is 1. The van der Waals surface area contributed by atoms with E-state index in [1.807, 2.05) is 12.1 Å². The van der Waals surface area contributed by atoms with Crippen molar-refractivity contribution in [3.8, 4) is 0 Å². The maximum Gasteiger partial charge on any atom is 0.242 e. The van der Waals surface area contributed by atoms with Crippen molar-refractivity contribution >= 4 is 10.0 Å². The fourth-order valence-corrected chi connectivity index (χ4v) is 2.26. The summed E-state index contributed by atoms with van der Waals surface area (Å²) in [4.78, 5) is 0.326. The molecule has 0 amide bonds. The van der Waals surface area contributed by atoms with Crippen LogP contribution in [-0.2, 0) is 16.6 Å². The Morgan fingerprint density at radius 2 is 1.61 bits per heavy atom. The van der Waals surface area contributed by atoms with Crippen LogP contribution in [0.15, 0.2) is 29.2 Å². The molecule has 102 valence electrons. The van der Waals surface area contributed by atoms with Gasteiger partial charge in [0.25, 0.3) is 0 Å². The lowest BCUT2D eigenvalue weighted by Gasteiger charge is -2.20. The first-order valence-electron chi connectivity index (χ1n) is 5.89. The zero-order chi connectivity index (χ0) is 14.0. The fourth-order valence-electron chi connectivity index (χ4n) is 1.36. The van der Waals surface area contributed by atoms with E-state index < -0.39 is 10.0 Å². The van der Waals surface area contributed by atoms with Crippen LogP contribution < -0.4 is 5.32 Å². The Balaban J connectivity index is 2.81. The molecular formula is C13H22N2O2S. The lowest BCUT2D eigenvalue weighted by atomic mass is 10.1. The standard InChI is InChI=1S/C13H22N2O2S/c1-13(2,3)14-10-11-6-8-12(9-7-11)18(16,17)15(4)5/h6-9,14H,10H2,1-5H3. The molecule has 0 aliphatic heterocycles. The van der Waals surface area contributed by atoms with E-state index in [-0.39, 0.29) is 5.54 Å². The summed E-state index contributed by atoms with van der Waals surface area (Å²) in [6, 6.07) is 6.98. The number of nitrogens with one attached hydrogen (secondary N) is 1. The summed E-state index contributed by atoms with van der Waals surface area (Å²) in [5, 5.41) is 3.36. The molecule has 0 aliphatic carbocycles. The molecule has 4 nitrogen and oxygen atoms in total. The highest BCUT2D eigenvalue weighted by Crippen LogP contribution is 2.14. The predicted molar refractivity (Wildman–Crippen MR) is 73.9 cm³/mol. The van der Waals surface area contributed by atoms with E-state index in [4.69, 9.17) is 0 Å². The first-order chi connectivity index (χ1) is 8.13. The van der Waals surface area contributed by atoms with Gasteiger partial charge in [-0.25, -0.2) is 12.7 Å². The van der Waals surface area contributed by atoms with Gasteiger partial charge in [0.2, 0.25) is 10.0 Å². The Labute approximate surface area is 110 Å². The SMILES string of the molecule is CN(C)S(=O)(=O)c1ccc(CNC(C)(C)C)cc1. The minimum Gasteiger partial charge on any atom is -0.308 e. The maximum atomic E-state index is 11.9. The molecule has 1 aromatic rings. The predicted octanol–water partition coefficient (Wildman–Crippen LogP) is 1.83. The molecule has 0 aliphatic rings. The van der Waals surface area contributed by atoms with E-state index in [1.54, 1.807) is 12.1 Å². The van der Waals surface area contributed by atoms with Crippen molar-refractivity contribution in [2.75, 3.05) is 14.1 Å². The van der Waals surface area contributed by atoms with Crippen molar-refractivity contribution in [2.24, 2.45) is 0 Å². The van der Waals surface area contributed by atoms with Crippen LogP contribution in [-0.4, -0.2) is 32.4 Å². The van der Waals surface area contributed by atoms with E-state index in [1.165, 1.54) is 18.4 Å². The monoisotopic (exact) mass is 270 g/mol. The lowest BCUT2D eigenvalue weighted by molar-refractivity contribution is 0.424. The van der Waals surface area contributed by atoms with Crippen molar-refractivity contribution in [3.05, 3.63) is 29.8 Å². The number of nitrogens with zero attached hydrogens (tertiary/aromatic N) is 1. The quantitative estimate of drug-likeness (QED) is 0.908. The van der Waals surface area contributed by atoms with Crippen LogP contribution >= 0.6 is 0 Å². The van der Waals surface area contributed by atoms with E-state index in [9.17, 15) is 8.42 Å². The summed E-state index contributed by atoms with van der Waals surface area (Å²) < 4.78 is 25.0. The van der Waals surface area contributed by atoms with Crippen LogP contribution in [0.4, 0.5) is 0 Å². The van der Waals surface area contributed by atoms with Crippen molar-refractivity contribution in [3.63, 3.8) is 0 Å². The molecule has 0 spiro atoms. The first kappa shape index (κ1) is 15.1. The molecule has 0 saturated heterocycles. The van der Waals surface area contributed by atoms with Crippen LogP contribution in [0, 0.1) is 0 Å². The smallest absolute Gasteiger partial charge is 0.242 e. The zero-order valence-electron chi connectivity index (χ0n) is 11.7. The molecule has 0 unspecified atom stereocenters. The third-order valence-corrected chi connectivity index (χ3v) is 4.35. The molecular weight excluding hydrogens is 248 g/mol. The Morgan fingerprint density at radius 1 is 1.11 bits per heavy atom. The van der Waals surface area contributed by atoms with Gasteiger partial charge in [-0.3, -0.25) is 0 Å². The van der Waals surface area contributed by atoms with E-state index in [2.05, 4.69) is 26.1 Å². The van der Waals surface area contributed by atoms with Crippen LogP contribution in [0.1, 0.15) is 26.3 Å². The molecule has 0 bridgehead atoms. The number of benzene rings is 1. The van der Waals surface area contributed by atoms with Crippen molar-refractivity contribution in [2.45, 2.75) is 37.8 Å². The highest BCUT2D eigenvalue weighted by Gasteiger charge is 2.16. The molecule has 0 heterocycles. The first-order valence-corrected chi connectivity index (χ1v) is 7.33. The summed E-state index contributed by atoms with van der Waals surface area (Å²) in [6.45, 7) is 7.01. The molecule has 18 heavy (non-hydrogen) atoms. The van der Waals surface area contributed by atoms with Crippen molar-refractivity contribution < 1.29 is 8.42 Å². The Bertz CT molecular complexity index is 485. The Morgan fingerprint density at radius 3 is 2.00 bits per heavy atom. The molecule has 5 heteroatoms. The van der Waals surface area contributed by atoms with Crippen molar-refractivity contribution in [1.29, 1.82) is 0 Å². The topological polar surface area (TPSA) is 49.4 Å². The summed E-state index contributed by atoms with van der Waals surface area (Å²) in [7, 11) is -0.260. The average Bonchev–Trinajstić information content (AvgIpc) is 2.26. The Hall–Kier alpha value is -0.910. The number of hydrogen-bond acceptors (Lipinski definition) is 3. The van der Waals surface area contributed by atoms with Gasteiger partial charge in [0, 0.05) is 26.2 Å². The lowest BCUT2D eigenvalue weighted by Crippen LogP contribution is -2.35. The van der Waals surface area contributed by atoms with Gasteiger partial charge in [0.05, 0.1) is 4.90 Å². The second kappa shape index (κ2) is 5.38. The molecule has 1 N–H and O–H groups in total. The van der Waals surface area contributed by atoms with Crippen LogP contribution in [0.25, 0.3) is 0 Å². The average molecular weight is 270 g/mol. The van der Waals surface area contributed by atoms with Gasteiger partial charge in [-0.15, -0.1) is 0 Å². The third kappa shape index (κ3) is 4.08. The van der Waals surface area contributed by atoms with Crippen LogP contribution in [0.5, 0.6) is 0 Å². The molecule has 0 aromatic heterocycles. The number of hydrogen-bond donors (Lipinski definition) is 1. The highest BCUT2D eigenvalue weighted by atomic mass is 32.2. The van der Waals surface area contributed by atoms with E-state index >= 15 is 0 Å². The minimum atomic E-state index is -3.32. The van der Waals surface area contributed by atoms with Gasteiger partial charge in [0.15, 0.2) is 0 Å². The molecule has 1 rings (SSSR count). The Kier molecular flexibility index (Phi) is 4.53. The van der Waals surface area contributed by atoms with Crippen LogP contribution in [0.2, 0.25) is 0 Å². The second-order valence-corrected chi connectivity index (χ2v) is 7.69. The van der Waals surface area contributed by atoms with Crippen LogP contribution in [0.3, 0.4) is 0 Å². The summed E-state index contributed by atoms with van der Waals surface area (Å²) in [6.07, 6.45) is 0. The van der Waals surface area contributed by atoms with E-state index in [0.29, 0.717) is 4.90 Å². The van der Waals surface area contributed by atoms with Gasteiger partial charge >= 0.3 is 0 Å². The summed E-state index contributed by atoms with van der Waals surface area (Å²) in [5.41, 5.74) is 1.12. The highest BCUT2D eigenvalue weighted by molar-refractivity contribution is 7.89. The minimum absolute atomic E-state index is 0.0500. The molecule has 0 saturated carbocycles. The van der Waals surface area contributed by atoms with Gasteiger partial charge < -0.3 is 5.32 Å². The van der Waals surface area contributed by atoms with Gasteiger partial charge in [-0.1, -0.05) is 12.1 Å². The van der Waals surface area contributed by atoms with Gasteiger partial charge in [-0.2, -0.15) is 0 Å². The summed E-state index contributed by atoms with van der Waals surface area (Å²) in [5.74, 6) is 0. The zero-order valence-corrected chi connectivity index (χ0v) is 12.5. The molecule has 1 aromatic carbocycles. The van der Waals surface area contributed by atoms with Crippen molar-refractivity contribution in [1.82, 2.24) is 9.62 Å². The molecule has 0 atom stereocenters. The van der Waals surface area contributed by atoms with E-state index in [0.717, 1.165) is 12.1 Å². The fraction of sp³-hybridized carbons (Fsp3) is 0.538. The molecule has 0 radical (unpaired) electrons. The molecule has 0 fully saturated rings. The second-order valence-electron chi connectivity index (χ2n) is 5.53. The largest absolute Gasteiger partial charge is 0.308 e. The van der Waals surface area contributed by atoms with Gasteiger partial charge in [-0.05, 0) is 38.5 Å². The summed E-state index contributed by atoms with van der Waals surface area (Å²) >= 11 is 0.